The number of hydrogen-bond acceptors (Lipinski definition) is 3. The summed E-state index contributed by atoms with van der Waals surface area (Å²) in [5.74, 6) is -0.439. The number of carbonyl (C=O) groups excluding carboxylic acids is 1. The Morgan fingerprint density at radius 3 is 2.47 bits per heavy atom. The summed E-state index contributed by atoms with van der Waals surface area (Å²) in [5, 5.41) is 14.2. The van der Waals surface area contributed by atoms with Gasteiger partial charge in [-0.1, -0.05) is 13.8 Å². The molecule has 6 heteroatoms. The van der Waals surface area contributed by atoms with Crippen LogP contribution in [0.5, 0.6) is 0 Å². The summed E-state index contributed by atoms with van der Waals surface area (Å²) >= 11 is 0. The predicted octanol–water partition coefficient (Wildman–Crippen LogP) is 1.46. The van der Waals surface area contributed by atoms with Gasteiger partial charge < -0.3 is 20.5 Å². The van der Waals surface area contributed by atoms with Gasteiger partial charge in [0.1, 0.15) is 0 Å². The van der Waals surface area contributed by atoms with Crippen LogP contribution in [0.25, 0.3) is 0 Å². The molecule has 0 bridgehead atoms. The van der Waals surface area contributed by atoms with E-state index >= 15 is 0 Å². The molecule has 3 N–H and O–H groups in total. The maximum atomic E-state index is 11.5. The Hall–Kier alpha value is -1.30. The van der Waals surface area contributed by atoms with Crippen molar-refractivity contribution in [2.75, 3.05) is 26.8 Å². The highest BCUT2D eigenvalue weighted by molar-refractivity contribution is 5.74. The van der Waals surface area contributed by atoms with E-state index in [4.69, 9.17) is 9.84 Å². The number of urea groups is 1. The van der Waals surface area contributed by atoms with Crippen LogP contribution in [0.2, 0.25) is 0 Å². The minimum atomic E-state index is -0.826. The second-order valence-corrected chi connectivity index (χ2v) is 5.08. The van der Waals surface area contributed by atoms with Gasteiger partial charge in [-0.05, 0) is 24.7 Å². The van der Waals surface area contributed by atoms with Crippen LogP contribution >= 0.6 is 0 Å². The van der Waals surface area contributed by atoms with E-state index in [1.165, 1.54) is 0 Å². The van der Waals surface area contributed by atoms with Gasteiger partial charge in [0, 0.05) is 33.2 Å². The third kappa shape index (κ3) is 11.5. The molecule has 0 radical (unpaired) electrons. The molecule has 0 heterocycles. The SMILES string of the molecule is COCCCNC(=O)NC[C@H](CC(=O)O)CC(C)C. The molecule has 6 nitrogen and oxygen atoms in total. The summed E-state index contributed by atoms with van der Waals surface area (Å²) in [5.41, 5.74) is 0. The van der Waals surface area contributed by atoms with Gasteiger partial charge >= 0.3 is 12.0 Å². The van der Waals surface area contributed by atoms with E-state index in [0.29, 0.717) is 25.6 Å². The first-order chi connectivity index (χ1) is 8.95. The summed E-state index contributed by atoms with van der Waals surface area (Å²) in [4.78, 5) is 22.2. The van der Waals surface area contributed by atoms with Gasteiger partial charge in [-0.2, -0.15) is 0 Å². The van der Waals surface area contributed by atoms with Crippen molar-refractivity contribution in [3.05, 3.63) is 0 Å². The molecule has 0 spiro atoms. The van der Waals surface area contributed by atoms with Gasteiger partial charge in [-0.3, -0.25) is 4.79 Å². The standard InChI is InChI=1S/C13H26N2O4/c1-10(2)7-11(8-12(16)17)9-15-13(18)14-5-4-6-19-3/h10-11H,4-9H2,1-3H3,(H,16,17)(H2,14,15,18)/t11-/m0/s1. The Labute approximate surface area is 114 Å². The maximum absolute atomic E-state index is 11.5. The molecule has 19 heavy (non-hydrogen) atoms. The number of carboxylic acids is 1. The van der Waals surface area contributed by atoms with Crippen molar-refractivity contribution in [1.29, 1.82) is 0 Å². The quantitative estimate of drug-likeness (QED) is 0.526. The Balaban J connectivity index is 3.88. The van der Waals surface area contributed by atoms with Crippen molar-refractivity contribution in [2.45, 2.75) is 33.1 Å². The largest absolute Gasteiger partial charge is 0.481 e. The number of methoxy groups -OCH3 is 1. The van der Waals surface area contributed by atoms with E-state index in [0.717, 1.165) is 12.8 Å². The second kappa shape index (κ2) is 10.6. The normalized spacial score (nSPS) is 12.2. The zero-order valence-corrected chi connectivity index (χ0v) is 12.1. The van der Waals surface area contributed by atoms with Gasteiger partial charge in [0.25, 0.3) is 0 Å². The highest BCUT2D eigenvalue weighted by atomic mass is 16.5. The first-order valence-corrected chi connectivity index (χ1v) is 6.68. The molecular formula is C13H26N2O4. The average Bonchev–Trinajstić information content (AvgIpc) is 2.30. The van der Waals surface area contributed by atoms with E-state index in [1.54, 1.807) is 7.11 Å². The summed E-state index contributed by atoms with van der Waals surface area (Å²) in [6.07, 6.45) is 1.63. The number of ether oxygens (including phenoxy) is 1. The smallest absolute Gasteiger partial charge is 0.314 e. The van der Waals surface area contributed by atoms with E-state index in [1.807, 2.05) is 13.8 Å². The van der Waals surface area contributed by atoms with Crippen molar-refractivity contribution in [3.8, 4) is 0 Å². The first kappa shape index (κ1) is 17.7. The minimum absolute atomic E-state index is 0.0257. The van der Waals surface area contributed by atoms with Crippen molar-refractivity contribution in [1.82, 2.24) is 10.6 Å². The Morgan fingerprint density at radius 1 is 1.26 bits per heavy atom. The highest BCUT2D eigenvalue weighted by Crippen LogP contribution is 2.14. The van der Waals surface area contributed by atoms with Gasteiger partial charge in [0.15, 0.2) is 0 Å². The average molecular weight is 274 g/mol. The third-order valence-corrected chi connectivity index (χ3v) is 2.63. The monoisotopic (exact) mass is 274 g/mol. The number of nitrogens with one attached hydrogen (secondary N) is 2. The van der Waals surface area contributed by atoms with Crippen LogP contribution in [0.3, 0.4) is 0 Å². The molecule has 0 saturated heterocycles. The number of hydrogen-bond donors (Lipinski definition) is 3. The van der Waals surface area contributed by atoms with Crippen LogP contribution < -0.4 is 10.6 Å². The molecule has 0 aliphatic carbocycles. The van der Waals surface area contributed by atoms with Crippen molar-refractivity contribution in [2.24, 2.45) is 11.8 Å². The highest BCUT2D eigenvalue weighted by Gasteiger charge is 2.15. The number of carboxylic acid groups (broad SMARTS) is 1. The van der Waals surface area contributed by atoms with Crippen LogP contribution in [0, 0.1) is 11.8 Å². The lowest BCUT2D eigenvalue weighted by Gasteiger charge is -2.18. The Morgan fingerprint density at radius 2 is 1.95 bits per heavy atom. The van der Waals surface area contributed by atoms with Gasteiger partial charge in [-0.15, -0.1) is 0 Å². The molecule has 0 aliphatic rings. The lowest BCUT2D eigenvalue weighted by molar-refractivity contribution is -0.138. The summed E-state index contributed by atoms with van der Waals surface area (Å²) in [6, 6.07) is -0.254. The summed E-state index contributed by atoms with van der Waals surface area (Å²) in [7, 11) is 1.61. The van der Waals surface area contributed by atoms with E-state index in [-0.39, 0.29) is 18.4 Å². The van der Waals surface area contributed by atoms with E-state index < -0.39 is 5.97 Å². The number of carbonyl (C=O) groups is 2. The molecule has 0 aliphatic heterocycles. The number of amides is 2. The van der Waals surface area contributed by atoms with Crippen LogP contribution in [0.1, 0.15) is 33.1 Å². The Bertz CT molecular complexity index is 269. The third-order valence-electron chi connectivity index (χ3n) is 2.63. The molecule has 0 aromatic carbocycles. The second-order valence-electron chi connectivity index (χ2n) is 5.08. The predicted molar refractivity (Wildman–Crippen MR) is 73.1 cm³/mol. The topological polar surface area (TPSA) is 87.7 Å². The van der Waals surface area contributed by atoms with Gasteiger partial charge in [-0.25, -0.2) is 4.79 Å². The molecule has 2 amide bonds. The molecule has 0 fully saturated rings. The van der Waals surface area contributed by atoms with Crippen molar-refractivity contribution in [3.63, 3.8) is 0 Å². The van der Waals surface area contributed by atoms with Gasteiger partial charge in [0.2, 0.25) is 0 Å². The molecule has 112 valence electrons. The number of aliphatic carboxylic acids is 1. The minimum Gasteiger partial charge on any atom is -0.481 e. The molecule has 0 aromatic rings. The molecule has 0 unspecified atom stereocenters. The van der Waals surface area contributed by atoms with Crippen LogP contribution in [0.4, 0.5) is 4.79 Å². The summed E-state index contributed by atoms with van der Waals surface area (Å²) in [6.45, 7) is 5.63. The number of rotatable bonds is 10. The van der Waals surface area contributed by atoms with E-state index in [2.05, 4.69) is 10.6 Å². The fourth-order valence-electron chi connectivity index (χ4n) is 1.87. The van der Waals surface area contributed by atoms with Crippen molar-refractivity contribution < 1.29 is 19.4 Å². The molecule has 1 atom stereocenters. The maximum Gasteiger partial charge on any atom is 0.314 e. The van der Waals surface area contributed by atoms with Crippen LogP contribution in [-0.2, 0) is 9.53 Å². The van der Waals surface area contributed by atoms with Gasteiger partial charge in [0.05, 0.1) is 0 Å². The molecule has 0 saturated carbocycles. The Kier molecular flexibility index (Phi) is 9.88. The fourth-order valence-corrected chi connectivity index (χ4v) is 1.87. The fraction of sp³-hybridized carbons (Fsp3) is 0.846. The zero-order chi connectivity index (χ0) is 14.7. The molecule has 0 rings (SSSR count). The zero-order valence-electron chi connectivity index (χ0n) is 12.1. The summed E-state index contributed by atoms with van der Waals surface area (Å²) < 4.78 is 4.87. The lowest BCUT2D eigenvalue weighted by Crippen LogP contribution is -2.39. The van der Waals surface area contributed by atoms with E-state index in [9.17, 15) is 9.59 Å². The molecule has 0 aromatic heterocycles. The van der Waals surface area contributed by atoms with Crippen LogP contribution in [-0.4, -0.2) is 43.9 Å². The lowest BCUT2D eigenvalue weighted by atomic mass is 9.94. The van der Waals surface area contributed by atoms with Crippen molar-refractivity contribution >= 4 is 12.0 Å². The first-order valence-electron chi connectivity index (χ1n) is 6.68. The molecular weight excluding hydrogens is 248 g/mol. The van der Waals surface area contributed by atoms with Crippen LogP contribution in [0.15, 0.2) is 0 Å².